The van der Waals surface area contributed by atoms with Crippen molar-refractivity contribution in [3.8, 4) is 0 Å². The number of nitrogens with one attached hydrogen (secondary N) is 2. The third-order valence-electron chi connectivity index (χ3n) is 2.77. The van der Waals surface area contributed by atoms with Crippen LogP contribution >= 0.6 is 12.2 Å². The molecule has 0 radical (unpaired) electrons. The van der Waals surface area contributed by atoms with Gasteiger partial charge in [-0.05, 0) is 43.3 Å². The quantitative estimate of drug-likeness (QED) is 0.488. The first-order chi connectivity index (χ1) is 10.3. The number of hydrogen-bond acceptors (Lipinski definition) is 5. The number of hydrogen-bond donors (Lipinski definition) is 2. The molecule has 0 bridgehead atoms. The van der Waals surface area contributed by atoms with E-state index in [0.29, 0.717) is 18.8 Å². The molecule has 7 heteroatoms. The topological polar surface area (TPSA) is 79.3 Å². The van der Waals surface area contributed by atoms with E-state index < -0.39 is 0 Å². The third-order valence-corrected chi connectivity index (χ3v) is 2.90. The van der Waals surface area contributed by atoms with E-state index in [0.717, 1.165) is 23.9 Å². The van der Waals surface area contributed by atoms with Crippen LogP contribution in [0.1, 0.15) is 12.8 Å². The first-order valence-electron chi connectivity index (χ1n) is 6.59. The van der Waals surface area contributed by atoms with Crippen LogP contribution in [0, 0.1) is 0 Å². The highest BCUT2D eigenvalue weighted by atomic mass is 32.1. The predicted octanol–water partition coefficient (Wildman–Crippen LogP) is 2.63. The Morgan fingerprint density at radius 2 is 2.05 bits per heavy atom. The summed E-state index contributed by atoms with van der Waals surface area (Å²) in [5, 5.41) is 7.86. The van der Waals surface area contributed by atoms with Crippen LogP contribution in [0.3, 0.4) is 0 Å². The molecule has 0 unspecified atom stereocenters. The molecular weight excluding hydrogens is 286 g/mol. The highest BCUT2D eigenvalue weighted by Gasteiger charge is 2.02. The van der Waals surface area contributed by atoms with Crippen LogP contribution in [-0.2, 0) is 0 Å². The third kappa shape index (κ3) is 4.91. The first-order valence-corrected chi connectivity index (χ1v) is 6.99. The van der Waals surface area contributed by atoms with Gasteiger partial charge in [-0.25, -0.2) is 9.79 Å². The van der Waals surface area contributed by atoms with Crippen molar-refractivity contribution in [3.63, 3.8) is 0 Å². The molecule has 108 valence electrons. The molecule has 2 amide bonds. The van der Waals surface area contributed by atoms with Crippen molar-refractivity contribution in [2.75, 3.05) is 18.4 Å². The van der Waals surface area contributed by atoms with Crippen LogP contribution in [0.15, 0.2) is 35.6 Å². The fourth-order valence-corrected chi connectivity index (χ4v) is 1.87. The number of benzene rings is 1. The number of isothiocyanates is 1. The van der Waals surface area contributed by atoms with Crippen molar-refractivity contribution in [3.05, 3.63) is 30.6 Å². The molecule has 0 aliphatic rings. The fraction of sp³-hybridized carbons (Fsp3) is 0.286. The zero-order chi connectivity index (χ0) is 14.9. The SMILES string of the molecule is O=C(NCCCCN=C=S)Nc1ccc2nccnc2c1. The average Bonchev–Trinajstić information content (AvgIpc) is 2.50. The van der Waals surface area contributed by atoms with Gasteiger partial charge in [0.25, 0.3) is 0 Å². The molecule has 2 rings (SSSR count). The van der Waals surface area contributed by atoms with Gasteiger partial charge in [-0.15, -0.1) is 0 Å². The van der Waals surface area contributed by atoms with Crippen LogP contribution in [0.2, 0.25) is 0 Å². The number of carbonyl (C=O) groups is 1. The average molecular weight is 301 g/mol. The lowest BCUT2D eigenvalue weighted by atomic mass is 10.2. The standard InChI is InChI=1S/C14H15N5OS/c20-14(18-6-2-1-5-15-10-21)19-11-3-4-12-13(9-11)17-8-7-16-12/h3-4,7-9H,1-2,5-6H2,(H2,18,19,20). The van der Waals surface area contributed by atoms with E-state index in [-0.39, 0.29) is 6.03 Å². The van der Waals surface area contributed by atoms with Crippen molar-refractivity contribution in [1.82, 2.24) is 15.3 Å². The van der Waals surface area contributed by atoms with Crippen molar-refractivity contribution in [2.45, 2.75) is 12.8 Å². The summed E-state index contributed by atoms with van der Waals surface area (Å²) in [6.07, 6.45) is 4.97. The highest BCUT2D eigenvalue weighted by molar-refractivity contribution is 7.78. The highest BCUT2D eigenvalue weighted by Crippen LogP contribution is 2.14. The number of aliphatic imine (C=N–C) groups is 1. The van der Waals surface area contributed by atoms with Crippen LogP contribution in [-0.4, -0.2) is 34.2 Å². The molecule has 0 fully saturated rings. The number of nitrogens with zero attached hydrogens (tertiary/aromatic N) is 3. The van der Waals surface area contributed by atoms with E-state index in [4.69, 9.17) is 0 Å². The Hall–Kier alpha value is -2.37. The molecule has 0 saturated carbocycles. The maximum absolute atomic E-state index is 11.7. The van der Waals surface area contributed by atoms with Gasteiger partial charge in [-0.3, -0.25) is 9.97 Å². The molecule has 1 aromatic heterocycles. The van der Waals surface area contributed by atoms with E-state index in [1.54, 1.807) is 24.5 Å². The molecule has 0 spiro atoms. The molecule has 21 heavy (non-hydrogen) atoms. The van der Waals surface area contributed by atoms with Crippen molar-refractivity contribution in [1.29, 1.82) is 0 Å². The Labute approximate surface area is 127 Å². The summed E-state index contributed by atoms with van der Waals surface area (Å²) in [6, 6.07) is 5.17. The number of anilines is 1. The van der Waals surface area contributed by atoms with Gasteiger partial charge < -0.3 is 10.6 Å². The van der Waals surface area contributed by atoms with Gasteiger partial charge in [0, 0.05) is 31.2 Å². The summed E-state index contributed by atoms with van der Waals surface area (Å²) in [4.78, 5) is 23.9. The Morgan fingerprint density at radius 3 is 2.86 bits per heavy atom. The molecule has 0 aliphatic heterocycles. The van der Waals surface area contributed by atoms with Crippen LogP contribution in [0.4, 0.5) is 10.5 Å². The van der Waals surface area contributed by atoms with E-state index in [9.17, 15) is 4.79 Å². The molecule has 1 aromatic carbocycles. The second kappa shape index (κ2) is 8.04. The maximum atomic E-state index is 11.7. The molecular formula is C14H15N5OS. The minimum absolute atomic E-state index is 0.239. The molecule has 2 aromatic rings. The van der Waals surface area contributed by atoms with E-state index in [1.165, 1.54) is 0 Å². The van der Waals surface area contributed by atoms with Crippen molar-refractivity contribution < 1.29 is 4.79 Å². The van der Waals surface area contributed by atoms with Gasteiger partial charge >= 0.3 is 6.03 Å². The predicted molar refractivity (Wildman–Crippen MR) is 85.7 cm³/mol. The molecule has 0 atom stereocenters. The van der Waals surface area contributed by atoms with Gasteiger partial charge in [-0.2, -0.15) is 0 Å². The first kappa shape index (κ1) is 15.0. The molecule has 0 aliphatic carbocycles. The Bertz CT molecular complexity index is 669. The van der Waals surface area contributed by atoms with Gasteiger partial charge in [0.2, 0.25) is 0 Å². The summed E-state index contributed by atoms with van der Waals surface area (Å²) in [5.41, 5.74) is 2.22. The number of unbranched alkanes of at least 4 members (excludes halogenated alkanes) is 1. The summed E-state index contributed by atoms with van der Waals surface area (Å²) >= 11 is 4.47. The summed E-state index contributed by atoms with van der Waals surface area (Å²) in [5.74, 6) is 0. The smallest absolute Gasteiger partial charge is 0.319 e. The molecule has 6 nitrogen and oxygen atoms in total. The van der Waals surface area contributed by atoms with Crippen LogP contribution in [0.5, 0.6) is 0 Å². The number of carbonyl (C=O) groups excluding carboxylic acids is 1. The van der Waals surface area contributed by atoms with Gasteiger partial charge in [0.1, 0.15) is 0 Å². The number of thiocarbonyl (C=S) groups is 1. The Balaban J connectivity index is 1.79. The van der Waals surface area contributed by atoms with Crippen LogP contribution < -0.4 is 10.6 Å². The number of amides is 2. The lowest BCUT2D eigenvalue weighted by Gasteiger charge is -2.07. The Morgan fingerprint density at radius 1 is 1.24 bits per heavy atom. The van der Waals surface area contributed by atoms with Gasteiger partial charge in [-0.1, -0.05) is 0 Å². The second-order valence-electron chi connectivity index (χ2n) is 4.32. The zero-order valence-corrected chi connectivity index (χ0v) is 12.2. The number of aromatic nitrogens is 2. The Kier molecular flexibility index (Phi) is 5.75. The summed E-state index contributed by atoms with van der Waals surface area (Å²) < 4.78 is 0. The maximum Gasteiger partial charge on any atom is 0.319 e. The van der Waals surface area contributed by atoms with E-state index in [1.807, 2.05) is 6.07 Å². The second-order valence-corrected chi connectivity index (χ2v) is 4.50. The van der Waals surface area contributed by atoms with Crippen LogP contribution in [0.25, 0.3) is 11.0 Å². The van der Waals surface area contributed by atoms with Gasteiger partial charge in [0.15, 0.2) is 0 Å². The minimum Gasteiger partial charge on any atom is -0.338 e. The monoisotopic (exact) mass is 301 g/mol. The largest absolute Gasteiger partial charge is 0.338 e. The summed E-state index contributed by atoms with van der Waals surface area (Å²) in [7, 11) is 0. The molecule has 0 saturated heterocycles. The normalized spacial score (nSPS) is 9.90. The van der Waals surface area contributed by atoms with E-state index in [2.05, 4.69) is 43.0 Å². The number of fused-ring (bicyclic) bond motifs is 1. The lowest BCUT2D eigenvalue weighted by molar-refractivity contribution is 0.252. The van der Waals surface area contributed by atoms with E-state index >= 15 is 0 Å². The fourth-order valence-electron chi connectivity index (χ4n) is 1.78. The lowest BCUT2D eigenvalue weighted by Crippen LogP contribution is -2.29. The van der Waals surface area contributed by atoms with Crippen molar-refractivity contribution >= 4 is 40.1 Å². The van der Waals surface area contributed by atoms with Crippen molar-refractivity contribution in [2.24, 2.45) is 4.99 Å². The summed E-state index contributed by atoms with van der Waals surface area (Å²) in [6.45, 7) is 1.24. The number of urea groups is 1. The zero-order valence-electron chi connectivity index (χ0n) is 11.4. The number of rotatable bonds is 6. The minimum atomic E-state index is -0.239. The molecule has 2 N–H and O–H groups in total. The van der Waals surface area contributed by atoms with Gasteiger partial charge in [0.05, 0.1) is 16.2 Å². The molecule has 1 heterocycles.